The molecule has 0 spiro atoms. The molecule has 6 nitrogen and oxygen atoms in total. The van der Waals surface area contributed by atoms with Gasteiger partial charge in [-0.3, -0.25) is 9.78 Å². The van der Waals surface area contributed by atoms with E-state index in [1.165, 1.54) is 36.7 Å². The van der Waals surface area contributed by atoms with Gasteiger partial charge in [-0.25, -0.2) is 4.79 Å². The van der Waals surface area contributed by atoms with Crippen LogP contribution in [0, 0.1) is 0 Å². The molecule has 1 amide bonds. The summed E-state index contributed by atoms with van der Waals surface area (Å²) in [5, 5.41) is 20.7. The number of amides is 1. The van der Waals surface area contributed by atoms with E-state index in [9.17, 15) is 14.7 Å². The smallest absolute Gasteiger partial charge is 0.337 e. The molecule has 2 rings (SSSR count). The van der Waals surface area contributed by atoms with Gasteiger partial charge >= 0.3 is 5.97 Å². The van der Waals surface area contributed by atoms with Crippen molar-refractivity contribution in [3.05, 3.63) is 52.8 Å². The van der Waals surface area contributed by atoms with Gasteiger partial charge in [0.15, 0.2) is 0 Å². The number of nitrogens with zero attached hydrogens (tertiary/aromatic N) is 1. The minimum atomic E-state index is -1.17. The van der Waals surface area contributed by atoms with Crippen LogP contribution in [0.15, 0.2) is 36.7 Å². The third kappa shape index (κ3) is 2.86. The standard InChI is InChI=1S/C13H9ClN2O4/c14-9-5-7(1-2-11(9)17)12(18)16-10-6-15-4-3-8(10)13(19)20/h1-6,17H,(H,16,18)(H,19,20). The highest BCUT2D eigenvalue weighted by molar-refractivity contribution is 6.32. The Morgan fingerprint density at radius 3 is 2.65 bits per heavy atom. The highest BCUT2D eigenvalue weighted by atomic mass is 35.5. The SMILES string of the molecule is O=C(Nc1cnccc1C(=O)O)c1ccc(O)c(Cl)c1. The Kier molecular flexibility index (Phi) is 3.86. The van der Waals surface area contributed by atoms with E-state index in [0.717, 1.165) is 0 Å². The number of carbonyl (C=O) groups is 2. The summed E-state index contributed by atoms with van der Waals surface area (Å²) in [5.41, 5.74) is 0.195. The number of carbonyl (C=O) groups excluding carboxylic acids is 1. The Morgan fingerprint density at radius 2 is 2.00 bits per heavy atom. The van der Waals surface area contributed by atoms with Crippen LogP contribution in [0.4, 0.5) is 5.69 Å². The highest BCUT2D eigenvalue weighted by Gasteiger charge is 2.14. The average molecular weight is 293 g/mol. The number of nitrogens with one attached hydrogen (secondary N) is 1. The summed E-state index contributed by atoms with van der Waals surface area (Å²) in [7, 11) is 0. The van der Waals surface area contributed by atoms with Gasteiger partial charge < -0.3 is 15.5 Å². The van der Waals surface area contributed by atoms with Gasteiger partial charge in [-0.05, 0) is 24.3 Å². The maximum Gasteiger partial charge on any atom is 0.337 e. The van der Waals surface area contributed by atoms with Crippen molar-refractivity contribution in [2.45, 2.75) is 0 Å². The van der Waals surface area contributed by atoms with Crippen molar-refractivity contribution in [2.24, 2.45) is 0 Å². The van der Waals surface area contributed by atoms with Crippen molar-refractivity contribution in [1.29, 1.82) is 0 Å². The van der Waals surface area contributed by atoms with Gasteiger partial charge in [-0.15, -0.1) is 0 Å². The van der Waals surface area contributed by atoms with Crippen molar-refractivity contribution in [1.82, 2.24) is 4.98 Å². The molecule has 3 N–H and O–H groups in total. The fourth-order valence-electron chi connectivity index (χ4n) is 1.52. The number of carboxylic acids is 1. The number of phenolic OH excluding ortho intramolecular Hbond substituents is 1. The predicted molar refractivity (Wildman–Crippen MR) is 72.3 cm³/mol. The van der Waals surface area contributed by atoms with Crippen LogP contribution in [-0.2, 0) is 0 Å². The molecule has 0 saturated carbocycles. The Balaban J connectivity index is 2.28. The first kappa shape index (κ1) is 13.8. The number of phenols is 1. The van der Waals surface area contributed by atoms with Gasteiger partial charge in [0.2, 0.25) is 0 Å². The molecule has 20 heavy (non-hydrogen) atoms. The number of benzene rings is 1. The lowest BCUT2D eigenvalue weighted by molar-refractivity contribution is 0.0698. The lowest BCUT2D eigenvalue weighted by atomic mass is 10.2. The van der Waals surface area contributed by atoms with Crippen LogP contribution in [0.2, 0.25) is 5.02 Å². The molecule has 0 aliphatic carbocycles. The van der Waals surface area contributed by atoms with Gasteiger partial charge in [-0.1, -0.05) is 11.6 Å². The second kappa shape index (κ2) is 5.58. The summed E-state index contributed by atoms with van der Waals surface area (Å²) >= 11 is 5.71. The van der Waals surface area contributed by atoms with Crippen molar-refractivity contribution in [3.8, 4) is 5.75 Å². The van der Waals surface area contributed by atoms with Crippen molar-refractivity contribution in [3.63, 3.8) is 0 Å². The van der Waals surface area contributed by atoms with Crippen LogP contribution >= 0.6 is 11.6 Å². The number of pyridine rings is 1. The largest absolute Gasteiger partial charge is 0.506 e. The molecule has 2 aromatic rings. The second-order valence-corrected chi connectivity index (χ2v) is 4.25. The van der Waals surface area contributed by atoms with Crippen LogP contribution in [0.3, 0.4) is 0 Å². The number of hydrogen-bond donors (Lipinski definition) is 3. The lowest BCUT2D eigenvalue weighted by Gasteiger charge is -2.08. The van der Waals surface area contributed by atoms with Crippen LogP contribution in [0.25, 0.3) is 0 Å². The van der Waals surface area contributed by atoms with Gasteiger partial charge in [0.1, 0.15) is 5.75 Å². The van der Waals surface area contributed by atoms with E-state index >= 15 is 0 Å². The zero-order valence-corrected chi connectivity index (χ0v) is 10.8. The number of aromatic hydroxyl groups is 1. The first-order valence-electron chi connectivity index (χ1n) is 5.46. The quantitative estimate of drug-likeness (QED) is 0.806. The Bertz CT molecular complexity index is 688. The molecule has 102 valence electrons. The molecule has 0 unspecified atom stereocenters. The lowest BCUT2D eigenvalue weighted by Crippen LogP contribution is -2.15. The summed E-state index contributed by atoms with van der Waals surface area (Å²) in [6.45, 7) is 0. The topological polar surface area (TPSA) is 99.5 Å². The molecule has 0 radical (unpaired) electrons. The zero-order chi connectivity index (χ0) is 14.7. The minimum absolute atomic E-state index is 0.0299. The fraction of sp³-hybridized carbons (Fsp3) is 0. The Labute approximate surface area is 118 Å². The maximum atomic E-state index is 12.0. The number of halogens is 1. The molecular formula is C13H9ClN2O4. The van der Waals surface area contributed by atoms with E-state index in [2.05, 4.69) is 10.3 Å². The Hall–Kier alpha value is -2.60. The Morgan fingerprint density at radius 1 is 1.25 bits per heavy atom. The molecule has 1 aromatic carbocycles. The van der Waals surface area contributed by atoms with Crippen molar-refractivity contribution < 1.29 is 19.8 Å². The number of rotatable bonds is 3. The summed E-state index contributed by atoms with van der Waals surface area (Å²) < 4.78 is 0. The normalized spacial score (nSPS) is 10.1. The van der Waals surface area contributed by atoms with Gasteiger partial charge in [0, 0.05) is 11.8 Å². The molecule has 0 atom stereocenters. The van der Waals surface area contributed by atoms with Crippen LogP contribution in [-0.4, -0.2) is 27.1 Å². The molecule has 0 aliphatic heterocycles. The summed E-state index contributed by atoms with van der Waals surface area (Å²) in [6.07, 6.45) is 2.56. The van der Waals surface area contributed by atoms with E-state index in [1.54, 1.807) is 0 Å². The maximum absolute atomic E-state index is 12.0. The predicted octanol–water partition coefficient (Wildman–Crippen LogP) is 2.39. The highest BCUT2D eigenvalue weighted by Crippen LogP contribution is 2.24. The summed E-state index contributed by atoms with van der Waals surface area (Å²) in [4.78, 5) is 26.7. The van der Waals surface area contributed by atoms with E-state index in [-0.39, 0.29) is 27.6 Å². The van der Waals surface area contributed by atoms with E-state index < -0.39 is 11.9 Å². The van der Waals surface area contributed by atoms with E-state index in [1.807, 2.05) is 0 Å². The van der Waals surface area contributed by atoms with Crippen LogP contribution in [0.5, 0.6) is 5.75 Å². The third-order valence-corrected chi connectivity index (χ3v) is 2.81. The van der Waals surface area contributed by atoms with Crippen molar-refractivity contribution in [2.75, 3.05) is 5.32 Å². The molecule has 0 saturated heterocycles. The monoisotopic (exact) mass is 292 g/mol. The number of hydrogen-bond acceptors (Lipinski definition) is 4. The fourth-order valence-corrected chi connectivity index (χ4v) is 1.70. The molecule has 1 aromatic heterocycles. The van der Waals surface area contributed by atoms with Crippen molar-refractivity contribution >= 4 is 29.2 Å². The van der Waals surface area contributed by atoms with Gasteiger partial charge in [0.05, 0.1) is 22.5 Å². The third-order valence-electron chi connectivity index (χ3n) is 2.51. The molecule has 0 aliphatic rings. The first-order valence-corrected chi connectivity index (χ1v) is 5.84. The van der Waals surface area contributed by atoms with Gasteiger partial charge in [-0.2, -0.15) is 0 Å². The molecule has 0 bridgehead atoms. The first-order chi connectivity index (χ1) is 9.49. The molecule has 7 heteroatoms. The van der Waals surface area contributed by atoms with Crippen LogP contribution < -0.4 is 5.32 Å². The molecule has 1 heterocycles. The molecular weight excluding hydrogens is 284 g/mol. The second-order valence-electron chi connectivity index (χ2n) is 3.85. The molecule has 0 fully saturated rings. The van der Waals surface area contributed by atoms with Crippen LogP contribution in [0.1, 0.15) is 20.7 Å². The van der Waals surface area contributed by atoms with E-state index in [4.69, 9.17) is 16.7 Å². The number of aromatic nitrogens is 1. The zero-order valence-electron chi connectivity index (χ0n) is 10.0. The average Bonchev–Trinajstić information content (AvgIpc) is 2.42. The minimum Gasteiger partial charge on any atom is -0.506 e. The number of carboxylic acid groups (broad SMARTS) is 1. The number of aromatic carboxylic acids is 1. The number of anilines is 1. The summed E-state index contributed by atoms with van der Waals surface area (Å²) in [6, 6.07) is 5.21. The van der Waals surface area contributed by atoms with E-state index in [0.29, 0.717) is 0 Å². The summed E-state index contributed by atoms with van der Waals surface area (Å²) in [5.74, 6) is -1.87. The van der Waals surface area contributed by atoms with Gasteiger partial charge in [0.25, 0.3) is 5.91 Å².